The van der Waals surface area contributed by atoms with Gasteiger partial charge in [0.05, 0.1) is 11.0 Å². The molecular formula is C19H26N2O3S. The summed E-state index contributed by atoms with van der Waals surface area (Å²) in [4.78, 5) is 2.49. The van der Waals surface area contributed by atoms with E-state index >= 15 is 0 Å². The van der Waals surface area contributed by atoms with Crippen molar-refractivity contribution in [3.05, 3.63) is 42.5 Å². The van der Waals surface area contributed by atoms with Crippen LogP contribution in [-0.4, -0.2) is 50.2 Å². The molecule has 0 spiro atoms. The molecule has 25 heavy (non-hydrogen) atoms. The fourth-order valence-electron chi connectivity index (χ4n) is 3.48. The minimum atomic E-state index is -3.66. The van der Waals surface area contributed by atoms with Gasteiger partial charge in [0.2, 0.25) is 10.0 Å². The molecule has 6 heteroatoms. The van der Waals surface area contributed by atoms with Crippen molar-refractivity contribution in [3.63, 3.8) is 0 Å². The highest BCUT2D eigenvalue weighted by Gasteiger charge is 2.23. The van der Waals surface area contributed by atoms with Crippen molar-refractivity contribution in [2.75, 3.05) is 19.6 Å². The van der Waals surface area contributed by atoms with Crippen molar-refractivity contribution in [3.8, 4) is 0 Å². The molecule has 0 amide bonds. The standard InChI is InChI=1S/C19H26N2O3S/c1-15-7-4-5-12-21(15)14-17(22)13-20-25(23,24)19-11-6-9-16-8-2-3-10-18(16)19/h2-3,6,8-11,15,17,20,22H,4-5,7,12-14H2,1H3/t15?,17-/m0/s1. The Balaban J connectivity index is 1.67. The molecule has 3 rings (SSSR count). The lowest BCUT2D eigenvalue weighted by atomic mass is 10.0. The van der Waals surface area contributed by atoms with Gasteiger partial charge in [-0.3, -0.25) is 4.90 Å². The van der Waals surface area contributed by atoms with Crippen LogP contribution in [0.25, 0.3) is 10.8 Å². The van der Waals surface area contributed by atoms with E-state index in [9.17, 15) is 13.5 Å². The van der Waals surface area contributed by atoms with Gasteiger partial charge in [0.25, 0.3) is 0 Å². The van der Waals surface area contributed by atoms with Crippen LogP contribution in [0, 0.1) is 0 Å². The van der Waals surface area contributed by atoms with Gasteiger partial charge in [-0.15, -0.1) is 0 Å². The predicted octanol–water partition coefficient (Wildman–Crippen LogP) is 2.35. The zero-order valence-electron chi connectivity index (χ0n) is 14.6. The number of hydrogen-bond donors (Lipinski definition) is 2. The Morgan fingerprint density at radius 3 is 2.76 bits per heavy atom. The number of hydrogen-bond acceptors (Lipinski definition) is 4. The molecule has 136 valence electrons. The summed E-state index contributed by atoms with van der Waals surface area (Å²) >= 11 is 0. The van der Waals surface area contributed by atoms with Gasteiger partial charge >= 0.3 is 0 Å². The SMILES string of the molecule is CC1CCCCN1C[C@@H](O)CNS(=O)(=O)c1cccc2ccccc12. The molecule has 0 aromatic heterocycles. The Labute approximate surface area is 149 Å². The van der Waals surface area contributed by atoms with E-state index in [1.807, 2.05) is 24.3 Å². The Morgan fingerprint density at radius 1 is 1.20 bits per heavy atom. The van der Waals surface area contributed by atoms with Crippen molar-refractivity contribution in [2.45, 2.75) is 43.2 Å². The number of aliphatic hydroxyl groups excluding tert-OH is 1. The molecule has 1 fully saturated rings. The molecule has 0 bridgehead atoms. The van der Waals surface area contributed by atoms with Crippen LogP contribution in [0.1, 0.15) is 26.2 Å². The largest absolute Gasteiger partial charge is 0.390 e. The third-order valence-electron chi connectivity index (χ3n) is 4.93. The smallest absolute Gasteiger partial charge is 0.241 e. The molecule has 2 aromatic carbocycles. The van der Waals surface area contributed by atoms with Crippen LogP contribution in [0.5, 0.6) is 0 Å². The van der Waals surface area contributed by atoms with Gasteiger partial charge in [-0.2, -0.15) is 0 Å². The second-order valence-corrected chi connectivity index (χ2v) is 8.56. The second kappa shape index (κ2) is 7.83. The second-order valence-electron chi connectivity index (χ2n) is 6.82. The average Bonchev–Trinajstić information content (AvgIpc) is 2.61. The monoisotopic (exact) mass is 362 g/mol. The maximum absolute atomic E-state index is 12.7. The van der Waals surface area contributed by atoms with Crippen LogP contribution in [0.3, 0.4) is 0 Å². The highest BCUT2D eigenvalue weighted by molar-refractivity contribution is 7.89. The Bertz CT molecular complexity index is 817. The van der Waals surface area contributed by atoms with Gasteiger partial charge in [-0.1, -0.05) is 42.8 Å². The third-order valence-corrected chi connectivity index (χ3v) is 6.42. The first-order chi connectivity index (χ1) is 12.0. The summed E-state index contributed by atoms with van der Waals surface area (Å²) in [5, 5.41) is 11.8. The maximum atomic E-state index is 12.7. The van der Waals surface area contributed by atoms with E-state index in [4.69, 9.17) is 0 Å². The highest BCUT2D eigenvalue weighted by Crippen LogP contribution is 2.22. The van der Waals surface area contributed by atoms with Crippen LogP contribution in [-0.2, 0) is 10.0 Å². The summed E-state index contributed by atoms with van der Waals surface area (Å²) in [5.74, 6) is 0. The van der Waals surface area contributed by atoms with Crippen molar-refractivity contribution < 1.29 is 13.5 Å². The quantitative estimate of drug-likeness (QED) is 0.828. The summed E-state index contributed by atoms with van der Waals surface area (Å²) in [6, 6.07) is 13.1. The van der Waals surface area contributed by atoms with Gasteiger partial charge in [0.15, 0.2) is 0 Å². The number of rotatable bonds is 6. The lowest BCUT2D eigenvalue weighted by molar-refractivity contribution is 0.0760. The van der Waals surface area contributed by atoms with Gasteiger partial charge in [-0.05, 0) is 37.8 Å². The van der Waals surface area contributed by atoms with Gasteiger partial charge in [-0.25, -0.2) is 13.1 Å². The third kappa shape index (κ3) is 4.39. The summed E-state index contributed by atoms with van der Waals surface area (Å²) in [7, 11) is -3.66. The zero-order chi connectivity index (χ0) is 17.9. The first-order valence-corrected chi connectivity index (χ1v) is 10.4. The molecule has 2 atom stereocenters. The Morgan fingerprint density at radius 2 is 1.96 bits per heavy atom. The van der Waals surface area contributed by atoms with Crippen LogP contribution >= 0.6 is 0 Å². The van der Waals surface area contributed by atoms with Crippen molar-refractivity contribution in [1.29, 1.82) is 0 Å². The Kier molecular flexibility index (Phi) is 5.74. The molecule has 1 unspecified atom stereocenters. The molecule has 2 aromatic rings. The van der Waals surface area contributed by atoms with E-state index in [2.05, 4.69) is 16.5 Å². The summed E-state index contributed by atoms with van der Waals surface area (Å²) in [5.41, 5.74) is 0. The molecule has 0 radical (unpaired) electrons. The number of likely N-dealkylation sites (tertiary alicyclic amines) is 1. The molecule has 1 aliphatic heterocycles. The van der Waals surface area contributed by atoms with Crippen molar-refractivity contribution in [1.82, 2.24) is 9.62 Å². The maximum Gasteiger partial charge on any atom is 0.241 e. The Hall–Kier alpha value is -1.47. The van der Waals surface area contributed by atoms with Crippen LogP contribution in [0.15, 0.2) is 47.4 Å². The minimum absolute atomic E-state index is 0.0226. The van der Waals surface area contributed by atoms with E-state index in [1.54, 1.807) is 18.2 Å². The molecule has 1 saturated heterocycles. The summed E-state index contributed by atoms with van der Waals surface area (Å²) < 4.78 is 27.9. The zero-order valence-corrected chi connectivity index (χ0v) is 15.4. The molecule has 2 N–H and O–H groups in total. The summed E-state index contributed by atoms with van der Waals surface area (Å²) in [6.45, 7) is 3.65. The first-order valence-electron chi connectivity index (χ1n) is 8.87. The fraction of sp³-hybridized carbons (Fsp3) is 0.474. The van der Waals surface area contributed by atoms with E-state index < -0.39 is 16.1 Å². The van der Waals surface area contributed by atoms with Crippen LogP contribution in [0.2, 0.25) is 0 Å². The van der Waals surface area contributed by atoms with Gasteiger partial charge < -0.3 is 5.11 Å². The summed E-state index contributed by atoms with van der Waals surface area (Å²) in [6.07, 6.45) is 2.78. The number of fused-ring (bicyclic) bond motifs is 1. The number of aliphatic hydroxyl groups is 1. The van der Waals surface area contributed by atoms with E-state index in [0.29, 0.717) is 18.0 Å². The van der Waals surface area contributed by atoms with Crippen LogP contribution in [0.4, 0.5) is 0 Å². The lowest BCUT2D eigenvalue weighted by Crippen LogP contribution is -2.45. The van der Waals surface area contributed by atoms with E-state index in [1.165, 1.54) is 6.42 Å². The topological polar surface area (TPSA) is 69.6 Å². The predicted molar refractivity (Wildman–Crippen MR) is 100 cm³/mol. The normalized spacial score (nSPS) is 20.6. The molecule has 5 nitrogen and oxygen atoms in total. The van der Waals surface area contributed by atoms with E-state index in [0.717, 1.165) is 24.8 Å². The number of sulfonamides is 1. The number of piperidine rings is 1. The number of nitrogens with one attached hydrogen (secondary N) is 1. The molecular weight excluding hydrogens is 336 g/mol. The number of benzene rings is 2. The molecule has 1 heterocycles. The van der Waals surface area contributed by atoms with Gasteiger partial charge in [0.1, 0.15) is 0 Å². The van der Waals surface area contributed by atoms with E-state index in [-0.39, 0.29) is 11.4 Å². The highest BCUT2D eigenvalue weighted by atomic mass is 32.2. The first kappa shape index (κ1) is 18.3. The molecule has 0 saturated carbocycles. The number of nitrogens with zero attached hydrogens (tertiary/aromatic N) is 1. The number of β-amino-alcohol motifs (C(OH)–C–C–N with tert-alkyl or cyclic N) is 1. The molecule has 1 aliphatic rings. The van der Waals surface area contributed by atoms with Crippen molar-refractivity contribution >= 4 is 20.8 Å². The van der Waals surface area contributed by atoms with Crippen LogP contribution < -0.4 is 4.72 Å². The average molecular weight is 362 g/mol. The fourth-order valence-corrected chi connectivity index (χ4v) is 4.78. The lowest BCUT2D eigenvalue weighted by Gasteiger charge is -2.34. The molecule has 0 aliphatic carbocycles. The van der Waals surface area contributed by atoms with Crippen molar-refractivity contribution in [2.24, 2.45) is 0 Å². The minimum Gasteiger partial charge on any atom is -0.390 e. The van der Waals surface area contributed by atoms with Gasteiger partial charge in [0, 0.05) is 24.5 Å².